The predicted octanol–water partition coefficient (Wildman–Crippen LogP) is 1.89. The Hall–Kier alpha value is -0.830. The van der Waals surface area contributed by atoms with E-state index in [0.717, 1.165) is 12.0 Å². The van der Waals surface area contributed by atoms with Gasteiger partial charge in [-0.3, -0.25) is 4.79 Å². The predicted molar refractivity (Wildman–Crippen MR) is 49.4 cm³/mol. The van der Waals surface area contributed by atoms with Crippen LogP contribution in [0.5, 0.6) is 0 Å². The molecule has 2 unspecified atom stereocenters. The van der Waals surface area contributed by atoms with Gasteiger partial charge in [-0.1, -0.05) is 6.92 Å². The van der Waals surface area contributed by atoms with E-state index >= 15 is 0 Å². The standard InChI is InChI=1S/C9H11NOS/c1-6-4-8(6)10-9(11)7-2-3-12-5-7/h2-3,5-6,8H,4H2,1H3,(H,10,11). The maximum absolute atomic E-state index is 11.4. The Balaban J connectivity index is 1.93. The van der Waals surface area contributed by atoms with Crippen LogP contribution in [0.1, 0.15) is 23.7 Å². The Morgan fingerprint density at radius 3 is 3.00 bits per heavy atom. The van der Waals surface area contributed by atoms with Crippen molar-refractivity contribution in [1.29, 1.82) is 0 Å². The molecule has 2 atom stereocenters. The van der Waals surface area contributed by atoms with Crippen molar-refractivity contribution >= 4 is 17.2 Å². The molecule has 1 aromatic rings. The minimum atomic E-state index is 0.0746. The van der Waals surface area contributed by atoms with E-state index in [4.69, 9.17) is 0 Å². The largest absolute Gasteiger partial charge is 0.349 e. The minimum absolute atomic E-state index is 0.0746. The van der Waals surface area contributed by atoms with Crippen molar-refractivity contribution < 1.29 is 4.79 Å². The lowest BCUT2D eigenvalue weighted by Crippen LogP contribution is -2.25. The van der Waals surface area contributed by atoms with Gasteiger partial charge in [-0.05, 0) is 23.8 Å². The summed E-state index contributed by atoms with van der Waals surface area (Å²) in [5.74, 6) is 0.748. The Bertz CT molecular complexity index is 281. The number of thiophene rings is 1. The fourth-order valence-corrected chi connectivity index (χ4v) is 1.80. The van der Waals surface area contributed by atoms with E-state index in [1.165, 1.54) is 0 Å². The molecule has 1 N–H and O–H groups in total. The molecule has 0 saturated heterocycles. The summed E-state index contributed by atoms with van der Waals surface area (Å²) in [6, 6.07) is 2.28. The van der Waals surface area contributed by atoms with Crippen molar-refractivity contribution in [2.75, 3.05) is 0 Å². The smallest absolute Gasteiger partial charge is 0.252 e. The third-order valence-electron chi connectivity index (χ3n) is 2.21. The Morgan fingerprint density at radius 2 is 2.50 bits per heavy atom. The van der Waals surface area contributed by atoms with Gasteiger partial charge in [0.1, 0.15) is 0 Å². The van der Waals surface area contributed by atoms with Gasteiger partial charge in [0.15, 0.2) is 0 Å². The van der Waals surface area contributed by atoms with Gasteiger partial charge in [-0.2, -0.15) is 11.3 Å². The zero-order chi connectivity index (χ0) is 8.55. The van der Waals surface area contributed by atoms with Crippen LogP contribution in [-0.4, -0.2) is 11.9 Å². The molecule has 1 saturated carbocycles. The summed E-state index contributed by atoms with van der Waals surface area (Å²) in [4.78, 5) is 11.4. The van der Waals surface area contributed by atoms with Crippen LogP contribution in [0.15, 0.2) is 16.8 Å². The first kappa shape index (κ1) is 7.80. The highest BCUT2D eigenvalue weighted by molar-refractivity contribution is 7.08. The number of carbonyl (C=O) groups excluding carboxylic acids is 1. The fraction of sp³-hybridized carbons (Fsp3) is 0.444. The van der Waals surface area contributed by atoms with Crippen molar-refractivity contribution in [3.05, 3.63) is 22.4 Å². The molecule has 0 radical (unpaired) electrons. The van der Waals surface area contributed by atoms with Crippen molar-refractivity contribution in [1.82, 2.24) is 5.32 Å². The summed E-state index contributed by atoms with van der Waals surface area (Å²) < 4.78 is 0. The van der Waals surface area contributed by atoms with Crippen molar-refractivity contribution in [2.45, 2.75) is 19.4 Å². The van der Waals surface area contributed by atoms with E-state index in [1.54, 1.807) is 11.3 Å². The Labute approximate surface area is 75.6 Å². The summed E-state index contributed by atoms with van der Waals surface area (Å²) in [7, 11) is 0. The molecule has 1 amide bonds. The number of amides is 1. The molecule has 1 aromatic heterocycles. The van der Waals surface area contributed by atoms with Crippen LogP contribution in [0.4, 0.5) is 0 Å². The highest BCUT2D eigenvalue weighted by Crippen LogP contribution is 2.29. The molecule has 1 heterocycles. The second-order valence-electron chi connectivity index (χ2n) is 3.30. The summed E-state index contributed by atoms with van der Waals surface area (Å²) in [5.41, 5.74) is 0.791. The summed E-state index contributed by atoms with van der Waals surface area (Å²) in [6.07, 6.45) is 1.13. The average Bonchev–Trinajstić information content (AvgIpc) is 2.58. The fourth-order valence-electron chi connectivity index (χ4n) is 1.17. The van der Waals surface area contributed by atoms with E-state index in [9.17, 15) is 4.79 Å². The lowest BCUT2D eigenvalue weighted by atomic mass is 10.3. The van der Waals surface area contributed by atoms with E-state index in [-0.39, 0.29) is 5.91 Å². The lowest BCUT2D eigenvalue weighted by molar-refractivity contribution is 0.0950. The Kier molecular flexibility index (Phi) is 1.89. The summed E-state index contributed by atoms with van der Waals surface area (Å²) >= 11 is 1.56. The molecule has 64 valence electrons. The van der Waals surface area contributed by atoms with Gasteiger partial charge in [0.05, 0.1) is 0 Å². The van der Waals surface area contributed by atoms with Crippen LogP contribution in [0.3, 0.4) is 0 Å². The highest BCUT2D eigenvalue weighted by atomic mass is 32.1. The SMILES string of the molecule is CC1CC1NC(=O)c1ccsc1. The van der Waals surface area contributed by atoms with Crippen LogP contribution >= 0.6 is 11.3 Å². The normalized spacial score (nSPS) is 26.8. The second kappa shape index (κ2) is 2.90. The van der Waals surface area contributed by atoms with Gasteiger partial charge in [0.2, 0.25) is 0 Å². The number of hydrogen-bond donors (Lipinski definition) is 1. The molecule has 3 heteroatoms. The zero-order valence-electron chi connectivity index (χ0n) is 6.91. The van der Waals surface area contributed by atoms with Gasteiger partial charge in [0, 0.05) is 17.0 Å². The van der Waals surface area contributed by atoms with Crippen LogP contribution in [-0.2, 0) is 0 Å². The molecular weight excluding hydrogens is 170 g/mol. The first-order chi connectivity index (χ1) is 5.77. The molecule has 1 aliphatic carbocycles. The molecule has 2 rings (SSSR count). The van der Waals surface area contributed by atoms with E-state index in [1.807, 2.05) is 16.8 Å². The van der Waals surface area contributed by atoms with Crippen molar-refractivity contribution in [3.63, 3.8) is 0 Å². The van der Waals surface area contributed by atoms with Crippen LogP contribution in [0.2, 0.25) is 0 Å². The van der Waals surface area contributed by atoms with Crippen molar-refractivity contribution in [3.8, 4) is 0 Å². The van der Waals surface area contributed by atoms with Gasteiger partial charge >= 0.3 is 0 Å². The Morgan fingerprint density at radius 1 is 1.75 bits per heavy atom. The molecule has 1 fully saturated rings. The van der Waals surface area contributed by atoms with Crippen LogP contribution < -0.4 is 5.32 Å². The van der Waals surface area contributed by atoms with E-state index in [2.05, 4.69) is 12.2 Å². The summed E-state index contributed by atoms with van der Waals surface area (Å²) in [6.45, 7) is 2.15. The maximum Gasteiger partial charge on any atom is 0.252 e. The number of hydrogen-bond acceptors (Lipinski definition) is 2. The van der Waals surface area contributed by atoms with Crippen LogP contribution in [0.25, 0.3) is 0 Å². The zero-order valence-corrected chi connectivity index (χ0v) is 7.73. The van der Waals surface area contributed by atoms with Gasteiger partial charge in [-0.15, -0.1) is 0 Å². The molecule has 0 aliphatic heterocycles. The monoisotopic (exact) mass is 181 g/mol. The quantitative estimate of drug-likeness (QED) is 0.741. The van der Waals surface area contributed by atoms with Crippen molar-refractivity contribution in [2.24, 2.45) is 5.92 Å². The molecule has 1 aliphatic rings. The third-order valence-corrected chi connectivity index (χ3v) is 2.89. The van der Waals surface area contributed by atoms with Gasteiger partial charge in [-0.25, -0.2) is 0 Å². The topological polar surface area (TPSA) is 29.1 Å². The van der Waals surface area contributed by atoms with Gasteiger partial charge < -0.3 is 5.32 Å². The molecular formula is C9H11NOS. The number of carbonyl (C=O) groups is 1. The van der Waals surface area contributed by atoms with E-state index < -0.39 is 0 Å². The maximum atomic E-state index is 11.4. The third kappa shape index (κ3) is 1.50. The lowest BCUT2D eigenvalue weighted by Gasteiger charge is -1.99. The number of nitrogens with one attached hydrogen (secondary N) is 1. The summed E-state index contributed by atoms with van der Waals surface area (Å²) in [5, 5.41) is 6.77. The molecule has 0 aromatic carbocycles. The molecule has 2 nitrogen and oxygen atoms in total. The first-order valence-electron chi connectivity index (χ1n) is 4.10. The second-order valence-corrected chi connectivity index (χ2v) is 4.08. The first-order valence-corrected chi connectivity index (χ1v) is 5.04. The van der Waals surface area contributed by atoms with E-state index in [0.29, 0.717) is 12.0 Å². The van der Waals surface area contributed by atoms with Gasteiger partial charge in [0.25, 0.3) is 5.91 Å². The van der Waals surface area contributed by atoms with Crippen LogP contribution in [0, 0.1) is 5.92 Å². The number of rotatable bonds is 2. The highest BCUT2D eigenvalue weighted by Gasteiger charge is 2.33. The molecule has 12 heavy (non-hydrogen) atoms. The minimum Gasteiger partial charge on any atom is -0.349 e. The molecule has 0 bridgehead atoms. The average molecular weight is 181 g/mol. The molecule has 0 spiro atoms.